The number of nitrogens with one attached hydrogen (secondary N) is 2. The van der Waals surface area contributed by atoms with Crippen molar-refractivity contribution in [1.82, 2.24) is 15.5 Å². The number of guanidine groups is 1. The van der Waals surface area contributed by atoms with E-state index in [1.165, 1.54) is 12.8 Å². The summed E-state index contributed by atoms with van der Waals surface area (Å²) in [6.07, 6.45) is 4.24. The van der Waals surface area contributed by atoms with E-state index in [9.17, 15) is 0 Å². The molecule has 1 unspecified atom stereocenters. The van der Waals surface area contributed by atoms with Gasteiger partial charge in [-0.05, 0) is 26.9 Å². The minimum atomic E-state index is 0. The van der Waals surface area contributed by atoms with Crippen LogP contribution in [0.4, 0.5) is 0 Å². The van der Waals surface area contributed by atoms with Crippen molar-refractivity contribution in [2.45, 2.75) is 39.7 Å². The summed E-state index contributed by atoms with van der Waals surface area (Å²) in [5.41, 5.74) is 0. The molecule has 0 amide bonds. The van der Waals surface area contributed by atoms with Crippen molar-refractivity contribution in [2.75, 3.05) is 33.7 Å². The number of aliphatic imine (C=N–C) groups is 1. The Balaban J connectivity index is 0. The zero-order valence-electron chi connectivity index (χ0n) is 13.8. The van der Waals surface area contributed by atoms with Crippen LogP contribution in [0.15, 0.2) is 17.6 Å². The van der Waals surface area contributed by atoms with Crippen LogP contribution in [-0.2, 0) is 0 Å². The van der Waals surface area contributed by atoms with Crippen LogP contribution < -0.4 is 10.6 Å². The molecule has 0 aromatic heterocycles. The second kappa shape index (κ2) is 13.7. The quantitative estimate of drug-likeness (QED) is 0.273. The van der Waals surface area contributed by atoms with Crippen molar-refractivity contribution < 1.29 is 0 Å². The van der Waals surface area contributed by atoms with Crippen molar-refractivity contribution >= 4 is 29.9 Å². The molecule has 0 aromatic rings. The molecule has 0 saturated heterocycles. The number of hydrogen-bond donors (Lipinski definition) is 2. The summed E-state index contributed by atoms with van der Waals surface area (Å²) >= 11 is 0. The van der Waals surface area contributed by atoms with E-state index in [4.69, 9.17) is 4.99 Å². The Kier molecular flexibility index (Phi) is 15.0. The zero-order chi connectivity index (χ0) is 14.7. The molecule has 0 bridgehead atoms. The lowest BCUT2D eigenvalue weighted by Crippen LogP contribution is -2.41. The molecule has 0 heterocycles. The number of nitrogens with zero attached hydrogens (tertiary/aromatic N) is 2. The zero-order valence-corrected chi connectivity index (χ0v) is 16.1. The molecular weight excluding hydrogens is 363 g/mol. The molecule has 5 heteroatoms. The standard InChI is InChI=1S/C15H32N4.HI/c1-7-11-17-15(16-10-4)18-12-14(19(5)6)13(8-2)9-3;/h7,13-14H,1,8-12H2,2-6H3,(H2,16,17,18);1H. The normalized spacial score (nSPS) is 13.1. The summed E-state index contributed by atoms with van der Waals surface area (Å²) in [7, 11) is 4.28. The van der Waals surface area contributed by atoms with E-state index in [2.05, 4.69) is 57.0 Å². The predicted molar refractivity (Wildman–Crippen MR) is 101 cm³/mol. The van der Waals surface area contributed by atoms with Gasteiger partial charge in [-0.3, -0.25) is 4.99 Å². The molecule has 0 spiro atoms. The van der Waals surface area contributed by atoms with Crippen molar-refractivity contribution in [3.05, 3.63) is 12.7 Å². The first-order valence-electron chi connectivity index (χ1n) is 7.40. The molecule has 0 radical (unpaired) electrons. The molecule has 2 N–H and O–H groups in total. The van der Waals surface area contributed by atoms with Crippen LogP contribution >= 0.6 is 24.0 Å². The maximum atomic E-state index is 4.69. The van der Waals surface area contributed by atoms with Gasteiger partial charge in [0.05, 0.1) is 6.54 Å². The average Bonchev–Trinajstić information content (AvgIpc) is 2.40. The van der Waals surface area contributed by atoms with Gasteiger partial charge in [0.25, 0.3) is 0 Å². The molecule has 0 aliphatic heterocycles. The Morgan fingerprint density at radius 3 is 2.20 bits per heavy atom. The highest BCUT2D eigenvalue weighted by Gasteiger charge is 2.20. The minimum Gasteiger partial charge on any atom is -0.357 e. The van der Waals surface area contributed by atoms with Crippen molar-refractivity contribution in [1.29, 1.82) is 0 Å². The third kappa shape index (κ3) is 8.79. The third-order valence-corrected chi connectivity index (χ3v) is 3.45. The van der Waals surface area contributed by atoms with E-state index in [1.54, 1.807) is 0 Å². The fourth-order valence-corrected chi connectivity index (χ4v) is 2.26. The molecular formula is C15H33IN4. The summed E-state index contributed by atoms with van der Waals surface area (Å²) in [4.78, 5) is 6.98. The van der Waals surface area contributed by atoms with E-state index >= 15 is 0 Å². The topological polar surface area (TPSA) is 39.7 Å². The second-order valence-corrected chi connectivity index (χ2v) is 5.00. The first-order valence-corrected chi connectivity index (χ1v) is 7.40. The molecule has 0 saturated carbocycles. The van der Waals surface area contributed by atoms with E-state index in [0.717, 1.165) is 25.6 Å². The molecule has 0 aliphatic rings. The van der Waals surface area contributed by atoms with Gasteiger partial charge in [-0.25, -0.2) is 0 Å². The maximum absolute atomic E-state index is 4.69. The van der Waals surface area contributed by atoms with Gasteiger partial charge in [-0.2, -0.15) is 0 Å². The highest BCUT2D eigenvalue weighted by molar-refractivity contribution is 14.0. The van der Waals surface area contributed by atoms with Gasteiger partial charge in [0.2, 0.25) is 0 Å². The van der Waals surface area contributed by atoms with E-state index in [-0.39, 0.29) is 24.0 Å². The van der Waals surface area contributed by atoms with E-state index in [0.29, 0.717) is 12.0 Å². The number of rotatable bonds is 9. The highest BCUT2D eigenvalue weighted by Crippen LogP contribution is 2.17. The molecule has 0 rings (SSSR count). The average molecular weight is 396 g/mol. The fourth-order valence-electron chi connectivity index (χ4n) is 2.26. The lowest BCUT2D eigenvalue weighted by Gasteiger charge is -2.30. The van der Waals surface area contributed by atoms with Crippen molar-refractivity contribution in [3.8, 4) is 0 Å². The predicted octanol–water partition coefficient (Wildman–Crippen LogP) is 2.71. The van der Waals surface area contributed by atoms with E-state index < -0.39 is 0 Å². The molecule has 120 valence electrons. The number of halogens is 1. The molecule has 0 aromatic carbocycles. The van der Waals surface area contributed by atoms with Gasteiger partial charge < -0.3 is 15.5 Å². The Bertz CT molecular complexity index is 263. The second-order valence-electron chi connectivity index (χ2n) is 5.00. The van der Waals surface area contributed by atoms with Gasteiger partial charge in [0, 0.05) is 19.1 Å². The van der Waals surface area contributed by atoms with Crippen molar-refractivity contribution in [3.63, 3.8) is 0 Å². The van der Waals surface area contributed by atoms with E-state index in [1.807, 2.05) is 6.08 Å². The van der Waals surface area contributed by atoms with Crippen LogP contribution in [-0.4, -0.2) is 50.6 Å². The van der Waals surface area contributed by atoms with Crippen LogP contribution in [0.3, 0.4) is 0 Å². The minimum absolute atomic E-state index is 0. The van der Waals surface area contributed by atoms with Gasteiger partial charge >= 0.3 is 0 Å². The Morgan fingerprint density at radius 1 is 1.20 bits per heavy atom. The van der Waals surface area contributed by atoms with Crippen LogP contribution in [0, 0.1) is 5.92 Å². The van der Waals surface area contributed by atoms with Gasteiger partial charge in [-0.1, -0.05) is 32.8 Å². The van der Waals surface area contributed by atoms with Gasteiger partial charge in [0.15, 0.2) is 5.96 Å². The SMILES string of the molecule is C=CCNC(=NCC(C(CC)CC)N(C)C)NCC.I. The van der Waals surface area contributed by atoms with Crippen LogP contribution in [0.1, 0.15) is 33.6 Å². The van der Waals surface area contributed by atoms with Crippen LogP contribution in [0.2, 0.25) is 0 Å². The summed E-state index contributed by atoms with van der Waals surface area (Å²) in [5, 5.41) is 6.50. The Morgan fingerprint density at radius 2 is 1.80 bits per heavy atom. The molecule has 0 aliphatic carbocycles. The fraction of sp³-hybridized carbons (Fsp3) is 0.800. The summed E-state index contributed by atoms with van der Waals surface area (Å²) in [6, 6.07) is 0.495. The Labute approximate surface area is 142 Å². The number of likely N-dealkylation sites (N-methyl/N-ethyl adjacent to an activating group) is 1. The smallest absolute Gasteiger partial charge is 0.191 e. The van der Waals surface area contributed by atoms with Gasteiger partial charge in [0.1, 0.15) is 0 Å². The highest BCUT2D eigenvalue weighted by atomic mass is 127. The molecule has 0 fully saturated rings. The largest absolute Gasteiger partial charge is 0.357 e. The van der Waals surface area contributed by atoms with Crippen molar-refractivity contribution in [2.24, 2.45) is 10.9 Å². The Hall–Kier alpha value is -0.300. The summed E-state index contributed by atoms with van der Waals surface area (Å²) in [6.45, 7) is 12.8. The summed E-state index contributed by atoms with van der Waals surface area (Å²) < 4.78 is 0. The maximum Gasteiger partial charge on any atom is 0.191 e. The molecule has 4 nitrogen and oxygen atoms in total. The first-order chi connectivity index (χ1) is 9.10. The first kappa shape index (κ1) is 22.0. The lowest BCUT2D eigenvalue weighted by molar-refractivity contribution is 0.206. The number of hydrogen-bond acceptors (Lipinski definition) is 2. The molecule has 1 atom stereocenters. The lowest BCUT2D eigenvalue weighted by atomic mass is 9.93. The molecule has 20 heavy (non-hydrogen) atoms. The summed E-state index contributed by atoms with van der Waals surface area (Å²) in [5.74, 6) is 1.57. The third-order valence-electron chi connectivity index (χ3n) is 3.45. The van der Waals surface area contributed by atoms with Crippen LogP contribution in [0.25, 0.3) is 0 Å². The van der Waals surface area contributed by atoms with Crippen LogP contribution in [0.5, 0.6) is 0 Å². The monoisotopic (exact) mass is 396 g/mol. The van der Waals surface area contributed by atoms with Gasteiger partial charge in [-0.15, -0.1) is 30.6 Å².